The summed E-state index contributed by atoms with van der Waals surface area (Å²) >= 11 is 0. The quantitative estimate of drug-likeness (QED) is 0.596. The van der Waals surface area contributed by atoms with Crippen molar-refractivity contribution in [2.75, 3.05) is 19.7 Å². The van der Waals surface area contributed by atoms with Crippen LogP contribution >= 0.6 is 0 Å². The minimum Gasteiger partial charge on any atom is -0.481 e. The van der Waals surface area contributed by atoms with Crippen LogP contribution in [-0.4, -0.2) is 45.6 Å². The topological polar surface area (TPSA) is 75.5 Å². The predicted octanol–water partition coefficient (Wildman–Crippen LogP) is 4.30. The van der Waals surface area contributed by atoms with Gasteiger partial charge in [-0.25, -0.2) is 9.37 Å². The van der Waals surface area contributed by atoms with Crippen LogP contribution in [0.4, 0.5) is 4.39 Å². The van der Waals surface area contributed by atoms with Crippen molar-refractivity contribution in [3.8, 4) is 17.1 Å². The van der Waals surface area contributed by atoms with Crippen LogP contribution in [0.25, 0.3) is 11.3 Å². The highest BCUT2D eigenvalue weighted by Crippen LogP contribution is 2.38. The summed E-state index contributed by atoms with van der Waals surface area (Å²) < 4.78 is 20.7. The molecule has 0 aliphatic carbocycles. The van der Waals surface area contributed by atoms with Crippen molar-refractivity contribution in [2.45, 2.75) is 31.7 Å². The van der Waals surface area contributed by atoms with E-state index in [4.69, 9.17) is 4.74 Å². The number of aliphatic carboxylic acids is 1. The number of hydrogen-bond donors (Lipinski definition) is 1. The van der Waals surface area contributed by atoms with Gasteiger partial charge in [0.2, 0.25) is 5.88 Å². The molecule has 32 heavy (non-hydrogen) atoms. The molecule has 0 amide bonds. The Bertz CT molecular complexity index is 1080. The summed E-state index contributed by atoms with van der Waals surface area (Å²) in [7, 11) is 0. The molecule has 0 bridgehead atoms. The van der Waals surface area contributed by atoms with E-state index in [2.05, 4.69) is 27.0 Å². The Balaban J connectivity index is 1.58. The molecule has 4 rings (SSSR count). The van der Waals surface area contributed by atoms with Gasteiger partial charge in [0.15, 0.2) is 0 Å². The van der Waals surface area contributed by atoms with Gasteiger partial charge in [-0.15, -0.1) is 0 Å². The summed E-state index contributed by atoms with van der Waals surface area (Å²) in [4.78, 5) is 23.0. The molecule has 0 saturated carbocycles. The molecule has 1 N–H and O–H groups in total. The minimum atomic E-state index is -1.16. The first kappa shape index (κ1) is 21.9. The van der Waals surface area contributed by atoms with Gasteiger partial charge in [-0.1, -0.05) is 30.3 Å². The molecule has 3 heterocycles. The molecular weight excluding hydrogens is 409 g/mol. The number of rotatable bonds is 7. The third kappa shape index (κ3) is 4.34. The summed E-state index contributed by atoms with van der Waals surface area (Å²) in [5.74, 6) is -1.22. The maximum absolute atomic E-state index is 15.2. The van der Waals surface area contributed by atoms with Crippen LogP contribution in [0.2, 0.25) is 0 Å². The van der Waals surface area contributed by atoms with Crippen LogP contribution < -0.4 is 4.74 Å². The van der Waals surface area contributed by atoms with Crippen LogP contribution in [0, 0.1) is 5.82 Å². The van der Waals surface area contributed by atoms with Crippen LogP contribution in [0.3, 0.4) is 0 Å². The van der Waals surface area contributed by atoms with Gasteiger partial charge in [0, 0.05) is 18.9 Å². The lowest BCUT2D eigenvalue weighted by molar-refractivity contribution is -0.146. The van der Waals surface area contributed by atoms with Crippen LogP contribution in [-0.2, 0) is 16.8 Å². The van der Waals surface area contributed by atoms with Gasteiger partial charge in [0.05, 0.1) is 17.6 Å². The number of carbonyl (C=O) groups is 1. The lowest BCUT2D eigenvalue weighted by Crippen LogP contribution is -2.47. The van der Waals surface area contributed by atoms with Crippen molar-refractivity contribution in [3.05, 3.63) is 77.9 Å². The number of piperidine rings is 1. The first-order valence-electron chi connectivity index (χ1n) is 10.8. The van der Waals surface area contributed by atoms with Gasteiger partial charge < -0.3 is 9.84 Å². The van der Waals surface area contributed by atoms with E-state index in [0.29, 0.717) is 49.5 Å². The van der Waals surface area contributed by atoms with E-state index in [1.165, 1.54) is 17.8 Å². The molecule has 7 heteroatoms. The van der Waals surface area contributed by atoms with E-state index in [-0.39, 0.29) is 5.69 Å². The average Bonchev–Trinajstić information content (AvgIpc) is 2.81. The second-order valence-corrected chi connectivity index (χ2v) is 7.99. The third-order valence-electron chi connectivity index (χ3n) is 6.07. The zero-order valence-electron chi connectivity index (χ0n) is 18.0. The summed E-state index contributed by atoms with van der Waals surface area (Å²) in [5.41, 5.74) is 0.978. The van der Waals surface area contributed by atoms with Crippen molar-refractivity contribution in [1.82, 2.24) is 14.9 Å². The van der Waals surface area contributed by atoms with Gasteiger partial charge in [0.1, 0.15) is 11.5 Å². The molecule has 1 aliphatic rings. The molecule has 1 aromatic carbocycles. The Morgan fingerprint density at radius 3 is 2.56 bits per heavy atom. The van der Waals surface area contributed by atoms with Gasteiger partial charge >= 0.3 is 5.97 Å². The van der Waals surface area contributed by atoms with Crippen LogP contribution in [0.15, 0.2) is 60.9 Å². The van der Waals surface area contributed by atoms with E-state index >= 15 is 4.39 Å². The summed E-state index contributed by atoms with van der Waals surface area (Å²) in [6.07, 6.45) is 3.85. The zero-order chi connectivity index (χ0) is 22.6. The minimum absolute atomic E-state index is 0.104. The molecule has 0 spiro atoms. The van der Waals surface area contributed by atoms with E-state index in [1.54, 1.807) is 18.3 Å². The Kier molecular flexibility index (Phi) is 6.46. The van der Waals surface area contributed by atoms with Crippen LogP contribution in [0.1, 0.15) is 30.9 Å². The third-order valence-corrected chi connectivity index (χ3v) is 6.07. The molecule has 0 unspecified atom stereocenters. The number of carboxylic acid groups (broad SMARTS) is 1. The fourth-order valence-electron chi connectivity index (χ4n) is 4.28. The molecule has 2 aromatic heterocycles. The van der Waals surface area contributed by atoms with Crippen molar-refractivity contribution in [1.29, 1.82) is 0 Å². The fraction of sp³-hybridized carbons (Fsp3) is 0.320. The van der Waals surface area contributed by atoms with Crippen LogP contribution in [0.5, 0.6) is 5.88 Å². The largest absolute Gasteiger partial charge is 0.481 e. The Labute approximate surface area is 186 Å². The second-order valence-electron chi connectivity index (χ2n) is 7.99. The molecule has 3 aromatic rings. The zero-order valence-corrected chi connectivity index (χ0v) is 18.0. The molecule has 0 radical (unpaired) electrons. The number of pyridine rings is 2. The lowest BCUT2D eigenvalue weighted by atomic mass is 9.73. The highest BCUT2D eigenvalue weighted by Gasteiger charge is 2.43. The molecule has 0 atom stereocenters. The Morgan fingerprint density at radius 2 is 1.91 bits per heavy atom. The van der Waals surface area contributed by atoms with Crippen molar-refractivity contribution < 1.29 is 19.0 Å². The van der Waals surface area contributed by atoms with Crippen molar-refractivity contribution in [3.63, 3.8) is 0 Å². The second kappa shape index (κ2) is 9.44. The van der Waals surface area contributed by atoms with Gasteiger partial charge in [-0.3, -0.25) is 14.7 Å². The fourth-order valence-corrected chi connectivity index (χ4v) is 4.28. The van der Waals surface area contributed by atoms with Crippen molar-refractivity contribution in [2.24, 2.45) is 0 Å². The molecular formula is C25H26FN3O3. The van der Waals surface area contributed by atoms with E-state index in [0.717, 1.165) is 6.54 Å². The first-order valence-corrected chi connectivity index (χ1v) is 10.8. The number of hydrogen-bond acceptors (Lipinski definition) is 5. The Morgan fingerprint density at radius 1 is 1.16 bits per heavy atom. The number of nitrogens with zero attached hydrogens (tertiary/aromatic N) is 3. The number of carboxylic acids is 1. The number of ether oxygens (including phenoxy) is 1. The molecule has 1 fully saturated rings. The number of halogens is 1. The van der Waals surface area contributed by atoms with Gasteiger partial charge in [0.25, 0.3) is 0 Å². The van der Waals surface area contributed by atoms with Gasteiger partial charge in [-0.05, 0) is 62.2 Å². The molecule has 166 valence electrons. The summed E-state index contributed by atoms with van der Waals surface area (Å²) in [6.45, 7) is 4.21. The Hall–Kier alpha value is -3.32. The number of aromatic nitrogens is 2. The van der Waals surface area contributed by atoms with E-state index in [9.17, 15) is 9.90 Å². The normalized spacial score (nSPS) is 15.9. The smallest absolute Gasteiger partial charge is 0.314 e. The number of benzene rings is 1. The highest BCUT2D eigenvalue weighted by atomic mass is 19.1. The number of likely N-dealkylation sites (tertiary alicyclic amines) is 1. The summed E-state index contributed by atoms with van der Waals surface area (Å²) in [5, 5.41) is 10.1. The molecule has 1 saturated heterocycles. The van der Waals surface area contributed by atoms with Gasteiger partial charge in [-0.2, -0.15) is 0 Å². The SMILES string of the molecule is CCOc1ncccc1-c1ncc(C2(C(=O)O)CCN(Cc3ccccc3)CC2)cc1F. The molecule has 6 nitrogen and oxygen atoms in total. The van der Waals surface area contributed by atoms with E-state index in [1.807, 2.05) is 25.1 Å². The van der Waals surface area contributed by atoms with E-state index < -0.39 is 17.2 Å². The first-order chi connectivity index (χ1) is 15.5. The van der Waals surface area contributed by atoms with Crippen molar-refractivity contribution >= 4 is 5.97 Å². The average molecular weight is 435 g/mol. The predicted molar refractivity (Wildman–Crippen MR) is 119 cm³/mol. The monoisotopic (exact) mass is 435 g/mol. The highest BCUT2D eigenvalue weighted by molar-refractivity contribution is 5.82. The maximum atomic E-state index is 15.2. The molecule has 1 aliphatic heterocycles. The summed E-state index contributed by atoms with van der Waals surface area (Å²) in [6, 6.07) is 14.8. The standard InChI is InChI=1S/C25H26FN3O3/c1-2-32-23-20(9-6-12-27-23)22-21(26)15-19(16-28-22)25(24(30)31)10-13-29(14-11-25)17-18-7-4-3-5-8-18/h3-9,12,15-16H,2,10-11,13-14,17H2,1H3,(H,30,31). The maximum Gasteiger partial charge on any atom is 0.314 e. The lowest BCUT2D eigenvalue weighted by Gasteiger charge is -2.39.